The number of methoxy groups -OCH3 is 6. The molecule has 0 bridgehead atoms. The van der Waals surface area contributed by atoms with E-state index in [2.05, 4.69) is 128 Å². The smallest absolute Gasteiger partial charge is 0.477 e. The lowest BCUT2D eigenvalue weighted by atomic mass is 9.74. The summed E-state index contributed by atoms with van der Waals surface area (Å²) in [5.74, 6) is -2.77. The van der Waals surface area contributed by atoms with Crippen LogP contribution in [0.3, 0.4) is 0 Å². The highest BCUT2D eigenvalue weighted by atomic mass is 79.9. The molecule has 13 aromatic rings. The first-order valence-electron chi connectivity index (χ1n) is 39.3. The molecule has 0 amide bonds. The van der Waals surface area contributed by atoms with Gasteiger partial charge in [0, 0.05) is 56.9 Å². The van der Waals surface area contributed by atoms with Gasteiger partial charge in [-0.05, 0) is 195 Å². The van der Waals surface area contributed by atoms with E-state index < -0.39 is 37.0 Å². The molecule has 0 saturated heterocycles. The average molecular weight is 1880 g/mol. The van der Waals surface area contributed by atoms with E-state index >= 15 is 0 Å². The molecule has 5 N–H and O–H groups in total. The fourth-order valence-corrected chi connectivity index (χ4v) is 14.9. The van der Waals surface area contributed by atoms with Crippen LogP contribution in [0.2, 0.25) is 0 Å². The van der Waals surface area contributed by atoms with E-state index in [-0.39, 0.29) is 64.7 Å². The minimum Gasteiger partial charge on any atom is -0.477 e. The maximum atomic E-state index is 12.2. The number of hydrogen-bond acceptors (Lipinski definition) is 25. The Morgan fingerprint density at radius 1 is 0.374 bits per heavy atom. The zero-order valence-corrected chi connectivity index (χ0v) is 78.0. The summed E-state index contributed by atoms with van der Waals surface area (Å²) < 4.78 is 46.2. The predicted octanol–water partition coefficient (Wildman–Crippen LogP) is 15.3. The molecule has 3 aromatic carbocycles. The third kappa shape index (κ3) is 22.3. The number of carbonyl (C=O) groups excluding carboxylic acids is 3. The zero-order valence-electron chi connectivity index (χ0n) is 73.3. The summed E-state index contributed by atoms with van der Waals surface area (Å²) in [6, 6.07) is 26.1. The quantitative estimate of drug-likeness (QED) is 0.0225. The summed E-state index contributed by atoms with van der Waals surface area (Å²) in [5.41, 5.74) is 22.0. The van der Waals surface area contributed by atoms with Crippen LogP contribution in [0.25, 0.3) is 50.5 Å². The first-order chi connectivity index (χ1) is 58.3. The van der Waals surface area contributed by atoms with Crippen LogP contribution in [0.5, 0.6) is 0 Å². The molecule has 0 aliphatic rings. The molecule has 0 radical (unpaired) electrons. The average Bonchev–Trinajstić information content (AvgIpc) is 1.61. The molecule has 0 aliphatic carbocycles. The molecule has 10 heterocycles. The van der Waals surface area contributed by atoms with Crippen molar-refractivity contribution in [3.05, 3.63) is 217 Å². The summed E-state index contributed by atoms with van der Waals surface area (Å²) in [4.78, 5) is 80.3. The summed E-state index contributed by atoms with van der Waals surface area (Å²) in [6.07, 6.45) is 0. The molecule has 32 nitrogen and oxygen atoms in total. The topological polar surface area (TPSA) is 402 Å². The number of carbonyl (C=O) groups is 5. The van der Waals surface area contributed by atoms with Gasteiger partial charge in [0.2, 0.25) is 0 Å². The highest BCUT2D eigenvalue weighted by Crippen LogP contribution is 2.38. The molecular formula is C87H105BBr3N15O17. The third-order valence-corrected chi connectivity index (χ3v) is 21.9. The number of aromatic nitrogens is 15. The standard InChI is InChI=1S/C21H25N3O3.C20H23N3O3.2C13H16BrN3O3.C12H14BrN3O3.C8H11BO2/c1-12(2)17-10-15(21(25)27-6)22-20-19(16(11-26-5)23-24(17)20)18-13(3)8-7-9-14(18)4;1-11(2)16-9-14(20(24)25)21-19-18(15(10-26-5)22-23(16)19)17-12(3)7-6-8-13(17)4;1-7(2)10-5-8(13(18)20-4)15-12-11(14)9(6-19-3)16-17(10)12;1-4-20-13(19)8-5-10(7(2)3)17-12(15-8)11(14)9(6-18)16-17;1-6(2)9-4-7(12(17)18)14-11-10(13)8(5-19-3)15-16(9)11;1-6-4-3-5-7(2)8(6)9(10)11/h7-10,12H,11H2,1-6H3;6-9,11H,10H2,1-5H3,(H,24,25);5,7H,6H2,1-4H3;5,7,18H,4,6H2,1-3H3;4,6H,5H2,1-3H3,(H,17,18);3-5,10-11H,1-2H3. The van der Waals surface area contributed by atoms with Gasteiger partial charge in [0.1, 0.15) is 17.1 Å². The van der Waals surface area contributed by atoms with Crippen LogP contribution in [0, 0.1) is 41.5 Å². The second-order valence-corrected chi connectivity index (χ2v) is 32.5. The summed E-state index contributed by atoms with van der Waals surface area (Å²) >= 11 is 10.2. The maximum Gasteiger partial charge on any atom is 0.488 e. The van der Waals surface area contributed by atoms with Gasteiger partial charge in [-0.1, -0.05) is 135 Å². The summed E-state index contributed by atoms with van der Waals surface area (Å²) in [5, 5.41) is 68.5. The number of ether oxygens (including phenoxy) is 7. The maximum absolute atomic E-state index is 12.2. The third-order valence-electron chi connectivity index (χ3n) is 19.5. The van der Waals surface area contributed by atoms with E-state index in [1.54, 1.807) is 83.8 Å². The minimum atomic E-state index is -1.35. The van der Waals surface area contributed by atoms with Crippen LogP contribution in [0.15, 0.2) is 98.3 Å². The monoisotopic (exact) mass is 1880 g/mol. The first-order valence-corrected chi connectivity index (χ1v) is 41.7. The molecule has 0 spiro atoms. The van der Waals surface area contributed by atoms with E-state index in [0.717, 1.165) is 106 Å². The van der Waals surface area contributed by atoms with Crippen molar-refractivity contribution in [2.45, 2.75) is 180 Å². The van der Waals surface area contributed by atoms with Gasteiger partial charge in [-0.3, -0.25) is 0 Å². The number of esters is 3. The van der Waals surface area contributed by atoms with Crippen molar-refractivity contribution in [3.63, 3.8) is 0 Å². The van der Waals surface area contributed by atoms with Gasteiger partial charge >= 0.3 is 37.0 Å². The molecule has 0 atom stereocenters. The number of aryl methyl sites for hydroxylation is 6. The number of aromatic carboxylic acids is 2. The van der Waals surface area contributed by atoms with Crippen molar-refractivity contribution in [2.75, 3.05) is 49.3 Å². The number of benzene rings is 3. The number of aliphatic hydroxyl groups excluding tert-OH is 1. The number of nitrogens with zero attached hydrogens (tertiary/aromatic N) is 15. The number of hydrogen-bond donors (Lipinski definition) is 5. The number of carboxylic acid groups (broad SMARTS) is 2. The van der Waals surface area contributed by atoms with Crippen molar-refractivity contribution in [1.29, 1.82) is 0 Å². The number of fused-ring (bicyclic) bond motifs is 5. The van der Waals surface area contributed by atoms with Gasteiger partial charge in [-0.15, -0.1) is 0 Å². The summed E-state index contributed by atoms with van der Waals surface area (Å²) in [7, 11) is 7.81. The highest BCUT2D eigenvalue weighted by molar-refractivity contribution is 9.11. The Hall–Kier alpha value is -10.7. The number of aliphatic hydroxyl groups is 1. The van der Waals surface area contributed by atoms with Crippen LogP contribution in [-0.2, 0) is 66.2 Å². The molecule has 123 heavy (non-hydrogen) atoms. The molecule has 654 valence electrons. The Kier molecular flexibility index (Phi) is 34.7. The van der Waals surface area contributed by atoms with Crippen LogP contribution in [0.4, 0.5) is 0 Å². The largest absolute Gasteiger partial charge is 0.488 e. The Bertz CT molecular complexity index is 5950. The van der Waals surface area contributed by atoms with Crippen LogP contribution in [-0.4, -0.2) is 185 Å². The Morgan fingerprint density at radius 2 is 0.626 bits per heavy atom. The van der Waals surface area contributed by atoms with E-state index in [9.17, 15) is 34.2 Å². The lowest BCUT2D eigenvalue weighted by Crippen LogP contribution is -2.34. The van der Waals surface area contributed by atoms with Crippen molar-refractivity contribution in [2.24, 2.45) is 0 Å². The van der Waals surface area contributed by atoms with Gasteiger partial charge < -0.3 is 58.5 Å². The van der Waals surface area contributed by atoms with Crippen LogP contribution in [0.1, 0.15) is 249 Å². The van der Waals surface area contributed by atoms with E-state index in [4.69, 9.17) is 58.5 Å². The second-order valence-electron chi connectivity index (χ2n) is 30.1. The number of halogens is 3. The molecule has 36 heteroatoms. The number of rotatable bonds is 23. The molecule has 0 fully saturated rings. The van der Waals surface area contributed by atoms with Gasteiger partial charge in [-0.25, -0.2) is 71.5 Å². The minimum absolute atomic E-state index is 0.0146. The van der Waals surface area contributed by atoms with Gasteiger partial charge in [0.15, 0.2) is 56.7 Å². The van der Waals surface area contributed by atoms with E-state index in [1.807, 2.05) is 130 Å². The second kappa shape index (κ2) is 43.6. The molecule has 0 unspecified atom stereocenters. The van der Waals surface area contributed by atoms with E-state index in [0.29, 0.717) is 87.1 Å². The lowest BCUT2D eigenvalue weighted by Gasteiger charge is -2.12. The Labute approximate surface area is 738 Å². The van der Waals surface area contributed by atoms with Crippen LogP contribution < -0.4 is 5.46 Å². The molecular weight excluding hydrogens is 1780 g/mol. The fourth-order valence-electron chi connectivity index (χ4n) is 13.5. The zero-order chi connectivity index (χ0) is 91.0. The molecule has 13 rings (SSSR count). The normalized spacial score (nSPS) is 11.2. The fraction of sp³-hybridized carbons (Fsp3) is 0.391. The summed E-state index contributed by atoms with van der Waals surface area (Å²) in [6.45, 7) is 35.3. The van der Waals surface area contributed by atoms with Crippen molar-refractivity contribution in [1.82, 2.24) is 73.0 Å². The Balaban J connectivity index is 0.000000186. The van der Waals surface area contributed by atoms with Crippen molar-refractivity contribution >= 4 is 118 Å². The van der Waals surface area contributed by atoms with Gasteiger partial charge in [-0.2, -0.15) is 25.5 Å². The van der Waals surface area contributed by atoms with Gasteiger partial charge in [0.05, 0.1) is 89.8 Å². The number of carboxylic acids is 2. The first kappa shape index (κ1) is 97.8. The van der Waals surface area contributed by atoms with E-state index in [1.165, 1.54) is 14.2 Å². The molecule has 10 aromatic heterocycles. The molecule has 0 saturated carbocycles. The van der Waals surface area contributed by atoms with Crippen molar-refractivity contribution in [3.8, 4) is 22.3 Å². The van der Waals surface area contributed by atoms with Crippen LogP contribution >= 0.6 is 47.8 Å². The predicted molar refractivity (Wildman–Crippen MR) is 475 cm³/mol. The lowest BCUT2D eigenvalue weighted by molar-refractivity contribution is 0.0516. The highest BCUT2D eigenvalue weighted by Gasteiger charge is 2.29. The molecule has 0 aliphatic heterocycles. The van der Waals surface area contributed by atoms with Gasteiger partial charge in [0.25, 0.3) is 0 Å². The van der Waals surface area contributed by atoms with Crippen molar-refractivity contribution < 1.29 is 82.5 Å². The SMILES string of the molecule is CCOC(=O)c1cc(C(C)C)n2nc(CO)c(Br)c2n1.COCc1nn2c(C(C)C)cc(C(=O)O)nc2c1-c1c(C)cccc1C.COCc1nn2c(C(C)C)cc(C(=O)O)nc2c1Br.COCc1nn2c(C(C)C)cc(C(=O)OC)nc2c1-c1c(C)cccc1C.COCc1nn2c(C(C)C)cc(C(=O)OC)nc2c1Br.Cc1cccc(C)c1B(O)O. The Morgan fingerprint density at radius 3 is 0.902 bits per heavy atom.